The van der Waals surface area contributed by atoms with Crippen molar-refractivity contribution in [2.75, 3.05) is 13.1 Å². The zero-order valence-electron chi connectivity index (χ0n) is 7.43. The van der Waals surface area contributed by atoms with Crippen LogP contribution in [0.15, 0.2) is 16.9 Å². The molecule has 1 amide bonds. The second-order valence-electron chi connectivity index (χ2n) is 3.28. The van der Waals surface area contributed by atoms with Gasteiger partial charge in [-0.1, -0.05) is 0 Å². The summed E-state index contributed by atoms with van der Waals surface area (Å²) in [5, 5.41) is 5.85. The molecule has 0 bridgehead atoms. The molecule has 1 fully saturated rings. The maximum atomic E-state index is 11.6. The maximum absolute atomic E-state index is 11.6. The molecule has 0 saturated carbocycles. The highest BCUT2D eigenvalue weighted by atomic mass is 16.2. The zero-order valence-corrected chi connectivity index (χ0v) is 7.43. The standard InChI is InChI=1S/C8H10N4O2/c9-5-3-12(4-5)8(14)6-1-2-7(13)11-10-6/h1-2,5H,3-4,9H2,(H,11,13). The van der Waals surface area contributed by atoms with Crippen LogP contribution in [-0.4, -0.2) is 40.1 Å². The highest BCUT2D eigenvalue weighted by Gasteiger charge is 2.28. The van der Waals surface area contributed by atoms with Gasteiger partial charge in [0.1, 0.15) is 5.69 Å². The Kier molecular flexibility index (Phi) is 2.05. The maximum Gasteiger partial charge on any atom is 0.274 e. The van der Waals surface area contributed by atoms with Crippen molar-refractivity contribution in [3.63, 3.8) is 0 Å². The quantitative estimate of drug-likeness (QED) is 0.572. The normalized spacial score (nSPS) is 16.5. The fraction of sp³-hybridized carbons (Fsp3) is 0.375. The number of aromatic amines is 1. The Morgan fingerprint density at radius 3 is 2.79 bits per heavy atom. The van der Waals surface area contributed by atoms with E-state index in [9.17, 15) is 9.59 Å². The number of carbonyl (C=O) groups is 1. The van der Waals surface area contributed by atoms with E-state index in [2.05, 4.69) is 10.2 Å². The molecular formula is C8H10N4O2. The molecule has 3 N–H and O–H groups in total. The number of rotatable bonds is 1. The Bertz CT molecular complexity index is 388. The molecule has 14 heavy (non-hydrogen) atoms. The number of amides is 1. The minimum atomic E-state index is -0.318. The van der Waals surface area contributed by atoms with Crippen molar-refractivity contribution in [3.8, 4) is 0 Å². The van der Waals surface area contributed by atoms with Gasteiger partial charge < -0.3 is 10.6 Å². The van der Waals surface area contributed by atoms with Gasteiger partial charge in [0.15, 0.2) is 0 Å². The van der Waals surface area contributed by atoms with E-state index < -0.39 is 0 Å². The third kappa shape index (κ3) is 1.51. The van der Waals surface area contributed by atoms with Crippen molar-refractivity contribution < 1.29 is 4.79 Å². The third-order valence-electron chi connectivity index (χ3n) is 2.10. The van der Waals surface area contributed by atoms with Gasteiger partial charge in [-0.25, -0.2) is 5.10 Å². The molecule has 1 saturated heterocycles. The molecule has 2 heterocycles. The van der Waals surface area contributed by atoms with Crippen molar-refractivity contribution in [2.24, 2.45) is 5.73 Å². The Hall–Kier alpha value is -1.69. The van der Waals surface area contributed by atoms with Gasteiger partial charge in [-0.05, 0) is 6.07 Å². The molecule has 2 rings (SSSR count). The summed E-state index contributed by atoms with van der Waals surface area (Å²) in [6.07, 6.45) is 0. The highest BCUT2D eigenvalue weighted by molar-refractivity contribution is 5.92. The zero-order chi connectivity index (χ0) is 10.1. The van der Waals surface area contributed by atoms with Crippen LogP contribution >= 0.6 is 0 Å². The average molecular weight is 194 g/mol. The Labute approximate surface area is 79.7 Å². The van der Waals surface area contributed by atoms with Crippen molar-refractivity contribution in [3.05, 3.63) is 28.2 Å². The van der Waals surface area contributed by atoms with Crippen molar-refractivity contribution in [1.29, 1.82) is 0 Å². The van der Waals surface area contributed by atoms with Crippen LogP contribution in [0.4, 0.5) is 0 Å². The summed E-state index contributed by atoms with van der Waals surface area (Å²) < 4.78 is 0. The first-order valence-electron chi connectivity index (χ1n) is 4.27. The summed E-state index contributed by atoms with van der Waals surface area (Å²) in [4.78, 5) is 23.8. The Balaban J connectivity index is 2.12. The number of hydrogen-bond donors (Lipinski definition) is 2. The number of H-pyrrole nitrogens is 1. The molecule has 1 aliphatic rings. The second-order valence-corrected chi connectivity index (χ2v) is 3.28. The Morgan fingerprint density at radius 2 is 2.29 bits per heavy atom. The van der Waals surface area contributed by atoms with E-state index in [1.54, 1.807) is 4.90 Å². The van der Waals surface area contributed by atoms with Crippen molar-refractivity contribution >= 4 is 5.91 Å². The Morgan fingerprint density at radius 1 is 1.57 bits per heavy atom. The predicted octanol–water partition coefficient (Wildman–Crippen LogP) is -1.45. The lowest BCUT2D eigenvalue weighted by Gasteiger charge is -2.36. The summed E-state index contributed by atoms with van der Waals surface area (Å²) >= 11 is 0. The topological polar surface area (TPSA) is 92.1 Å². The van der Waals surface area contributed by atoms with E-state index in [0.717, 1.165) is 0 Å². The van der Waals surface area contributed by atoms with Crippen molar-refractivity contribution in [1.82, 2.24) is 15.1 Å². The lowest BCUT2D eigenvalue weighted by molar-refractivity contribution is 0.0600. The van der Waals surface area contributed by atoms with Crippen LogP contribution in [0.2, 0.25) is 0 Å². The molecular weight excluding hydrogens is 184 g/mol. The van der Waals surface area contributed by atoms with Crippen LogP contribution in [0, 0.1) is 0 Å². The van der Waals surface area contributed by atoms with E-state index >= 15 is 0 Å². The molecule has 1 aromatic rings. The fourth-order valence-electron chi connectivity index (χ4n) is 1.30. The number of nitrogens with zero attached hydrogens (tertiary/aromatic N) is 2. The van der Waals surface area contributed by atoms with E-state index in [4.69, 9.17) is 5.73 Å². The van der Waals surface area contributed by atoms with Crippen LogP contribution < -0.4 is 11.3 Å². The monoisotopic (exact) mass is 194 g/mol. The SMILES string of the molecule is NC1CN(C(=O)c2ccc(=O)[nH]n2)C1. The average Bonchev–Trinajstić information content (AvgIpc) is 2.13. The van der Waals surface area contributed by atoms with Crippen LogP contribution in [0.25, 0.3) is 0 Å². The molecule has 1 aromatic heterocycles. The van der Waals surface area contributed by atoms with E-state index in [1.807, 2.05) is 0 Å². The second kappa shape index (κ2) is 3.22. The molecule has 6 nitrogen and oxygen atoms in total. The molecule has 1 aliphatic heterocycles. The van der Waals surface area contributed by atoms with Gasteiger partial charge in [-0.2, -0.15) is 5.10 Å². The van der Waals surface area contributed by atoms with E-state index in [-0.39, 0.29) is 23.2 Å². The van der Waals surface area contributed by atoms with Crippen molar-refractivity contribution in [2.45, 2.75) is 6.04 Å². The first kappa shape index (κ1) is 8.89. The van der Waals surface area contributed by atoms with Crippen LogP contribution in [0.5, 0.6) is 0 Å². The number of aromatic nitrogens is 2. The minimum absolute atomic E-state index is 0.0710. The summed E-state index contributed by atoms with van der Waals surface area (Å²) in [7, 11) is 0. The van der Waals surface area contributed by atoms with Crippen LogP contribution in [-0.2, 0) is 0 Å². The number of nitrogens with two attached hydrogens (primary N) is 1. The van der Waals surface area contributed by atoms with Gasteiger partial charge in [0.05, 0.1) is 0 Å². The summed E-state index contributed by atoms with van der Waals surface area (Å²) in [6.45, 7) is 1.11. The molecule has 6 heteroatoms. The number of likely N-dealkylation sites (tertiary alicyclic amines) is 1. The smallest absolute Gasteiger partial charge is 0.274 e. The number of hydrogen-bond acceptors (Lipinski definition) is 4. The summed E-state index contributed by atoms with van der Waals surface area (Å²) in [5.74, 6) is -0.192. The van der Waals surface area contributed by atoms with Crippen LogP contribution in [0.3, 0.4) is 0 Å². The first-order chi connectivity index (χ1) is 6.66. The van der Waals surface area contributed by atoms with Crippen LogP contribution in [0.1, 0.15) is 10.5 Å². The molecule has 0 spiro atoms. The number of nitrogens with one attached hydrogen (secondary N) is 1. The molecule has 0 radical (unpaired) electrons. The summed E-state index contributed by atoms with van der Waals surface area (Å²) in [5.41, 5.74) is 5.47. The van der Waals surface area contributed by atoms with Gasteiger partial charge >= 0.3 is 0 Å². The van der Waals surface area contributed by atoms with Gasteiger partial charge in [0, 0.05) is 25.2 Å². The molecule has 0 unspecified atom stereocenters. The first-order valence-corrected chi connectivity index (χ1v) is 4.27. The molecule has 0 aromatic carbocycles. The van der Waals surface area contributed by atoms with E-state index in [1.165, 1.54) is 12.1 Å². The van der Waals surface area contributed by atoms with E-state index in [0.29, 0.717) is 13.1 Å². The highest BCUT2D eigenvalue weighted by Crippen LogP contribution is 2.08. The molecule has 0 atom stereocenters. The van der Waals surface area contributed by atoms with Gasteiger partial charge in [0.2, 0.25) is 0 Å². The fourth-order valence-corrected chi connectivity index (χ4v) is 1.30. The lowest BCUT2D eigenvalue weighted by Crippen LogP contribution is -2.58. The van der Waals surface area contributed by atoms with Gasteiger partial charge in [-0.3, -0.25) is 9.59 Å². The minimum Gasteiger partial charge on any atom is -0.334 e. The number of carbonyl (C=O) groups excluding carboxylic acids is 1. The predicted molar refractivity (Wildman–Crippen MR) is 48.7 cm³/mol. The van der Waals surface area contributed by atoms with Gasteiger partial charge in [0.25, 0.3) is 11.5 Å². The largest absolute Gasteiger partial charge is 0.334 e. The third-order valence-corrected chi connectivity index (χ3v) is 2.10. The van der Waals surface area contributed by atoms with Gasteiger partial charge in [-0.15, -0.1) is 0 Å². The molecule has 74 valence electrons. The molecule has 0 aliphatic carbocycles. The summed E-state index contributed by atoms with van der Waals surface area (Å²) in [6, 6.07) is 2.76. The lowest BCUT2D eigenvalue weighted by atomic mass is 10.1.